The fourth-order valence-electron chi connectivity index (χ4n) is 4.90. The lowest BCUT2D eigenvalue weighted by molar-refractivity contribution is -0.137. The van der Waals surface area contributed by atoms with Crippen molar-refractivity contribution < 1.29 is 28.6 Å². The number of amides is 2. The molecule has 0 radical (unpaired) electrons. The summed E-state index contributed by atoms with van der Waals surface area (Å²) in [5.41, 5.74) is 4.40. The lowest BCUT2D eigenvalue weighted by Gasteiger charge is -2.29. The summed E-state index contributed by atoms with van der Waals surface area (Å²) in [6.07, 6.45) is -0.790. The average molecular weight is 519 g/mol. The third-order valence-electron chi connectivity index (χ3n) is 6.62. The molecule has 0 bridgehead atoms. The molecule has 0 unspecified atom stereocenters. The summed E-state index contributed by atoms with van der Waals surface area (Å²) in [7, 11) is 0. The number of carbonyl (C=O) groups is 3. The van der Waals surface area contributed by atoms with Crippen LogP contribution in [0.5, 0.6) is 0 Å². The molecule has 3 aromatic carbocycles. The molecule has 0 saturated carbocycles. The lowest BCUT2D eigenvalue weighted by Crippen LogP contribution is -2.54. The number of carboxylic acid groups (broad SMARTS) is 1. The molecule has 3 aromatic rings. The van der Waals surface area contributed by atoms with Gasteiger partial charge >= 0.3 is 12.1 Å². The van der Waals surface area contributed by atoms with Crippen molar-refractivity contribution in [1.29, 1.82) is 0 Å². The van der Waals surface area contributed by atoms with E-state index < -0.39 is 29.6 Å². The van der Waals surface area contributed by atoms with Crippen molar-refractivity contribution in [2.75, 3.05) is 6.61 Å². The predicted octanol–water partition coefficient (Wildman–Crippen LogP) is 5.04. The van der Waals surface area contributed by atoms with Gasteiger partial charge in [0, 0.05) is 17.9 Å². The second kappa shape index (κ2) is 11.5. The average Bonchev–Trinajstić information content (AvgIpc) is 3.19. The Hall–Kier alpha value is -4.20. The predicted molar refractivity (Wildman–Crippen MR) is 141 cm³/mol. The second-order valence-electron chi connectivity index (χ2n) is 10.1. The monoisotopic (exact) mass is 518 g/mol. The summed E-state index contributed by atoms with van der Waals surface area (Å²) >= 11 is 0. The van der Waals surface area contributed by atoms with E-state index in [1.54, 1.807) is 26.0 Å². The van der Waals surface area contributed by atoms with Crippen molar-refractivity contribution in [1.82, 2.24) is 10.6 Å². The highest BCUT2D eigenvalue weighted by Gasteiger charge is 2.31. The Morgan fingerprint density at radius 1 is 0.947 bits per heavy atom. The number of benzene rings is 3. The molecular formula is C30H31FN2O5. The molecule has 0 aliphatic heterocycles. The Balaban J connectivity index is 1.40. The summed E-state index contributed by atoms with van der Waals surface area (Å²) in [6.45, 7) is 3.68. The van der Waals surface area contributed by atoms with Crippen molar-refractivity contribution in [3.8, 4) is 11.1 Å². The molecule has 1 aliphatic rings. The summed E-state index contributed by atoms with van der Waals surface area (Å²) in [6, 6.07) is 20.8. The Morgan fingerprint density at radius 2 is 1.53 bits per heavy atom. The van der Waals surface area contributed by atoms with E-state index in [9.17, 15) is 18.8 Å². The van der Waals surface area contributed by atoms with E-state index in [1.165, 1.54) is 12.1 Å². The van der Waals surface area contributed by atoms with E-state index >= 15 is 0 Å². The molecule has 0 spiro atoms. The van der Waals surface area contributed by atoms with Crippen molar-refractivity contribution in [3.05, 3.63) is 95.3 Å². The van der Waals surface area contributed by atoms with Gasteiger partial charge in [-0.15, -0.1) is 0 Å². The number of fused-ring (bicyclic) bond motifs is 3. The molecule has 0 fully saturated rings. The van der Waals surface area contributed by atoms with E-state index in [1.807, 2.05) is 48.5 Å². The summed E-state index contributed by atoms with van der Waals surface area (Å²) in [5.74, 6) is -2.10. The molecule has 1 atom stereocenters. The van der Waals surface area contributed by atoms with E-state index in [2.05, 4.69) is 10.6 Å². The number of carbonyl (C=O) groups excluding carboxylic acids is 2. The van der Waals surface area contributed by atoms with Crippen LogP contribution in [0.15, 0.2) is 72.8 Å². The number of ether oxygens (including phenoxy) is 1. The largest absolute Gasteiger partial charge is 0.481 e. The highest BCUT2D eigenvalue weighted by molar-refractivity contribution is 5.86. The topological polar surface area (TPSA) is 105 Å². The minimum absolute atomic E-state index is 0.0726. The van der Waals surface area contributed by atoms with Crippen molar-refractivity contribution in [2.24, 2.45) is 0 Å². The van der Waals surface area contributed by atoms with Crippen molar-refractivity contribution in [2.45, 2.75) is 50.6 Å². The van der Waals surface area contributed by atoms with Crippen LogP contribution in [0.25, 0.3) is 11.1 Å². The number of aliphatic carboxylic acids is 1. The third kappa shape index (κ3) is 6.56. The summed E-state index contributed by atoms with van der Waals surface area (Å²) < 4.78 is 18.8. The molecule has 1 aliphatic carbocycles. The minimum atomic E-state index is -1.10. The Morgan fingerprint density at radius 3 is 2.11 bits per heavy atom. The molecular weight excluding hydrogens is 487 g/mol. The van der Waals surface area contributed by atoms with E-state index in [-0.39, 0.29) is 31.2 Å². The van der Waals surface area contributed by atoms with Crippen LogP contribution >= 0.6 is 0 Å². The van der Waals surface area contributed by atoms with Gasteiger partial charge in [0.2, 0.25) is 5.91 Å². The highest BCUT2D eigenvalue weighted by atomic mass is 19.1. The zero-order valence-corrected chi connectivity index (χ0v) is 21.4. The van der Waals surface area contributed by atoms with Gasteiger partial charge in [-0.25, -0.2) is 9.18 Å². The van der Waals surface area contributed by atoms with Crippen LogP contribution in [-0.4, -0.2) is 41.3 Å². The molecule has 4 rings (SSSR count). The molecule has 198 valence electrons. The molecule has 0 heterocycles. The number of rotatable bonds is 10. The Bertz CT molecular complexity index is 1280. The van der Waals surface area contributed by atoms with Crippen molar-refractivity contribution >= 4 is 18.0 Å². The van der Waals surface area contributed by atoms with Gasteiger partial charge in [-0.2, -0.15) is 0 Å². The highest BCUT2D eigenvalue weighted by Crippen LogP contribution is 2.44. The number of alkyl carbamates (subject to hydrolysis) is 1. The molecule has 7 nitrogen and oxygen atoms in total. The standard InChI is InChI=1S/C30H31FN2O5/c1-30(2,17-19-11-13-20(31)14-12-19)33-28(36)26(15-16-27(34)35)32-29(37)38-18-25-23-9-5-3-7-21(23)22-8-4-6-10-24(22)25/h3-14,25-26H,15-18H2,1-2H3,(H,32,37)(H,33,36)(H,34,35)/t26-/m1/s1. The van der Waals surface area contributed by atoms with E-state index in [0.29, 0.717) is 6.42 Å². The number of nitrogens with one attached hydrogen (secondary N) is 2. The first kappa shape index (κ1) is 26.9. The van der Waals surface area contributed by atoms with Crippen LogP contribution in [0.2, 0.25) is 0 Å². The number of hydrogen-bond donors (Lipinski definition) is 3. The van der Waals surface area contributed by atoms with E-state index in [4.69, 9.17) is 9.84 Å². The molecule has 8 heteroatoms. The van der Waals surface area contributed by atoms with Gasteiger partial charge in [0.1, 0.15) is 18.5 Å². The maximum Gasteiger partial charge on any atom is 0.407 e. The van der Waals surface area contributed by atoms with E-state index in [0.717, 1.165) is 27.8 Å². The first-order valence-corrected chi connectivity index (χ1v) is 12.5. The van der Waals surface area contributed by atoms with Gasteiger partial charge in [-0.05, 0) is 66.6 Å². The zero-order valence-electron chi connectivity index (χ0n) is 21.4. The Kier molecular flexibility index (Phi) is 8.10. The smallest absolute Gasteiger partial charge is 0.407 e. The van der Waals surface area contributed by atoms with Gasteiger partial charge in [0.05, 0.1) is 0 Å². The zero-order chi connectivity index (χ0) is 27.3. The molecule has 38 heavy (non-hydrogen) atoms. The third-order valence-corrected chi connectivity index (χ3v) is 6.62. The van der Waals surface area contributed by atoms with Crippen LogP contribution in [0, 0.1) is 5.82 Å². The van der Waals surface area contributed by atoms with Crippen molar-refractivity contribution in [3.63, 3.8) is 0 Å². The van der Waals surface area contributed by atoms with Crippen LogP contribution in [0.4, 0.5) is 9.18 Å². The quantitative estimate of drug-likeness (QED) is 0.349. The fourth-order valence-corrected chi connectivity index (χ4v) is 4.90. The minimum Gasteiger partial charge on any atom is -0.481 e. The number of hydrogen-bond acceptors (Lipinski definition) is 4. The maximum atomic E-state index is 13.2. The SMILES string of the molecule is CC(C)(Cc1ccc(F)cc1)NC(=O)[C@@H](CCC(=O)O)NC(=O)OCC1c2ccccc2-c2ccccc21. The molecule has 3 N–H and O–H groups in total. The number of carboxylic acids is 1. The second-order valence-corrected chi connectivity index (χ2v) is 10.1. The van der Waals surface area contributed by atoms with Gasteiger partial charge in [0.15, 0.2) is 0 Å². The number of halogens is 1. The van der Waals surface area contributed by atoms with Gasteiger partial charge in [-0.3, -0.25) is 9.59 Å². The van der Waals surface area contributed by atoms with Crippen LogP contribution < -0.4 is 10.6 Å². The lowest BCUT2D eigenvalue weighted by atomic mass is 9.94. The summed E-state index contributed by atoms with van der Waals surface area (Å²) in [4.78, 5) is 37.1. The maximum absolute atomic E-state index is 13.2. The first-order chi connectivity index (χ1) is 18.1. The Labute approximate surface area is 221 Å². The van der Waals surface area contributed by atoms with Crippen LogP contribution in [0.1, 0.15) is 49.3 Å². The first-order valence-electron chi connectivity index (χ1n) is 12.5. The summed E-state index contributed by atoms with van der Waals surface area (Å²) in [5, 5.41) is 14.6. The normalized spacial score (nSPS) is 13.2. The molecule has 0 saturated heterocycles. The van der Waals surface area contributed by atoms with Gasteiger partial charge in [-0.1, -0.05) is 60.7 Å². The van der Waals surface area contributed by atoms with Crippen LogP contribution in [0.3, 0.4) is 0 Å². The fraction of sp³-hybridized carbons (Fsp3) is 0.300. The van der Waals surface area contributed by atoms with Gasteiger partial charge < -0.3 is 20.5 Å². The molecule has 2 amide bonds. The van der Waals surface area contributed by atoms with Gasteiger partial charge in [0.25, 0.3) is 0 Å². The molecule has 0 aromatic heterocycles. The van der Waals surface area contributed by atoms with Crippen LogP contribution in [-0.2, 0) is 20.7 Å².